The summed E-state index contributed by atoms with van der Waals surface area (Å²) >= 11 is 2.24. The van der Waals surface area contributed by atoms with Crippen LogP contribution in [0, 0.1) is 5.41 Å². The fourth-order valence-electron chi connectivity index (χ4n) is 2.68. The molecule has 0 heterocycles. The van der Waals surface area contributed by atoms with Gasteiger partial charge >= 0.3 is 0 Å². The molecule has 19 heavy (non-hydrogen) atoms. The van der Waals surface area contributed by atoms with E-state index in [-0.39, 0.29) is 0 Å². The summed E-state index contributed by atoms with van der Waals surface area (Å²) in [6.45, 7) is 10.5. The Labute approximate surface area is 125 Å². The number of hydrogen-bond donors (Lipinski definition) is 1. The molecule has 0 aliphatic heterocycles. The molecule has 1 rings (SSSR count). The van der Waals surface area contributed by atoms with E-state index < -0.39 is 0 Å². The molecule has 0 amide bonds. The molecule has 1 aliphatic carbocycles. The Hall–Kier alpha value is 0.310. The van der Waals surface area contributed by atoms with Crippen molar-refractivity contribution in [3.8, 4) is 0 Å². The molecule has 114 valence electrons. The van der Waals surface area contributed by atoms with Gasteiger partial charge in [-0.05, 0) is 44.1 Å². The first kappa shape index (κ1) is 17.4. The minimum Gasteiger partial charge on any atom is -0.313 e. The van der Waals surface area contributed by atoms with Gasteiger partial charge in [0.1, 0.15) is 0 Å². The molecule has 1 unspecified atom stereocenters. The summed E-state index contributed by atoms with van der Waals surface area (Å²) in [5.41, 5.74) is 0.474. The van der Waals surface area contributed by atoms with Crippen LogP contribution in [0.3, 0.4) is 0 Å². The van der Waals surface area contributed by atoms with Crippen molar-refractivity contribution < 1.29 is 0 Å². The highest BCUT2D eigenvalue weighted by Gasteiger charge is 2.18. The molecule has 2 heteroatoms. The van der Waals surface area contributed by atoms with Gasteiger partial charge in [-0.3, -0.25) is 0 Å². The van der Waals surface area contributed by atoms with Gasteiger partial charge in [0.15, 0.2) is 0 Å². The molecule has 0 aromatic carbocycles. The van der Waals surface area contributed by atoms with E-state index in [1.54, 1.807) is 0 Å². The summed E-state index contributed by atoms with van der Waals surface area (Å²) < 4.78 is 0. The van der Waals surface area contributed by atoms with Crippen LogP contribution in [0.1, 0.15) is 79.1 Å². The molecule has 1 N–H and O–H groups in total. The third-order valence-corrected chi connectivity index (χ3v) is 5.55. The average Bonchev–Trinajstić information content (AvgIpc) is 2.38. The zero-order valence-electron chi connectivity index (χ0n) is 13.6. The van der Waals surface area contributed by atoms with Crippen molar-refractivity contribution in [2.75, 3.05) is 12.3 Å². The van der Waals surface area contributed by atoms with Crippen molar-refractivity contribution in [3.63, 3.8) is 0 Å². The Morgan fingerprint density at radius 1 is 1.16 bits per heavy atom. The van der Waals surface area contributed by atoms with Gasteiger partial charge in [-0.2, -0.15) is 11.8 Å². The molecule has 1 saturated carbocycles. The van der Waals surface area contributed by atoms with Crippen LogP contribution < -0.4 is 5.32 Å². The Morgan fingerprint density at radius 2 is 1.84 bits per heavy atom. The predicted octanol–water partition coefficient (Wildman–Crippen LogP) is 5.25. The van der Waals surface area contributed by atoms with Crippen LogP contribution in [0.5, 0.6) is 0 Å². The normalized spacial score (nSPS) is 19.6. The van der Waals surface area contributed by atoms with E-state index in [1.807, 2.05) is 0 Å². The van der Waals surface area contributed by atoms with E-state index in [4.69, 9.17) is 0 Å². The lowest BCUT2D eigenvalue weighted by atomic mass is 9.89. The summed E-state index contributed by atoms with van der Waals surface area (Å²) in [5.74, 6) is 1.32. The maximum absolute atomic E-state index is 3.76. The lowest BCUT2D eigenvalue weighted by Crippen LogP contribution is -2.33. The van der Waals surface area contributed by atoms with Gasteiger partial charge < -0.3 is 5.32 Å². The predicted molar refractivity (Wildman–Crippen MR) is 90.1 cm³/mol. The van der Waals surface area contributed by atoms with Gasteiger partial charge in [0.05, 0.1) is 0 Å². The highest BCUT2D eigenvalue weighted by molar-refractivity contribution is 7.99. The first-order valence-corrected chi connectivity index (χ1v) is 9.41. The molecule has 1 aliphatic rings. The molecule has 0 spiro atoms. The van der Waals surface area contributed by atoms with E-state index in [1.165, 1.54) is 63.7 Å². The van der Waals surface area contributed by atoms with Gasteiger partial charge in [0, 0.05) is 17.0 Å². The summed E-state index contributed by atoms with van der Waals surface area (Å²) in [5, 5.41) is 4.71. The molecule has 1 fully saturated rings. The minimum atomic E-state index is 0.474. The minimum absolute atomic E-state index is 0.474. The molecule has 0 aromatic rings. The quantitative estimate of drug-likeness (QED) is 0.654. The van der Waals surface area contributed by atoms with E-state index in [9.17, 15) is 0 Å². The molecular formula is C17H35NS. The molecule has 0 saturated heterocycles. The van der Waals surface area contributed by atoms with Crippen molar-refractivity contribution in [2.45, 2.75) is 90.4 Å². The number of rotatable bonds is 8. The lowest BCUT2D eigenvalue weighted by molar-refractivity contribution is 0.338. The van der Waals surface area contributed by atoms with Crippen LogP contribution in [0.25, 0.3) is 0 Å². The highest BCUT2D eigenvalue weighted by Crippen LogP contribution is 2.30. The summed E-state index contributed by atoms with van der Waals surface area (Å²) in [6, 6.07) is 0.728. The lowest BCUT2D eigenvalue weighted by Gasteiger charge is -2.27. The zero-order valence-corrected chi connectivity index (χ0v) is 14.5. The van der Waals surface area contributed by atoms with E-state index in [2.05, 4.69) is 44.8 Å². The van der Waals surface area contributed by atoms with Crippen molar-refractivity contribution >= 4 is 11.8 Å². The number of thioether (sulfide) groups is 1. The van der Waals surface area contributed by atoms with Crippen LogP contribution in [0.15, 0.2) is 0 Å². The number of nitrogens with one attached hydrogen (secondary N) is 1. The van der Waals surface area contributed by atoms with Crippen LogP contribution in [0.4, 0.5) is 0 Å². The fraction of sp³-hybridized carbons (Fsp3) is 1.00. The van der Waals surface area contributed by atoms with Crippen molar-refractivity contribution in [3.05, 3.63) is 0 Å². The van der Waals surface area contributed by atoms with Gasteiger partial charge in [-0.25, -0.2) is 0 Å². The number of hydrogen-bond acceptors (Lipinski definition) is 2. The SMILES string of the molecule is CCCNC(CCC(C)(C)C)CSC1CCCCC1. The van der Waals surface area contributed by atoms with Gasteiger partial charge in [-0.1, -0.05) is 47.0 Å². The van der Waals surface area contributed by atoms with Gasteiger partial charge in [0.2, 0.25) is 0 Å². The van der Waals surface area contributed by atoms with E-state index >= 15 is 0 Å². The summed E-state index contributed by atoms with van der Waals surface area (Å²) in [4.78, 5) is 0. The monoisotopic (exact) mass is 285 g/mol. The Kier molecular flexibility index (Phi) is 8.48. The van der Waals surface area contributed by atoms with Gasteiger partial charge in [-0.15, -0.1) is 0 Å². The third-order valence-electron chi connectivity index (χ3n) is 4.01. The summed E-state index contributed by atoms with van der Waals surface area (Å²) in [6.07, 6.45) is 11.2. The average molecular weight is 286 g/mol. The fourth-order valence-corrected chi connectivity index (χ4v) is 4.14. The summed E-state index contributed by atoms with van der Waals surface area (Å²) in [7, 11) is 0. The van der Waals surface area contributed by atoms with Crippen molar-refractivity contribution in [2.24, 2.45) is 5.41 Å². The van der Waals surface area contributed by atoms with Crippen LogP contribution >= 0.6 is 11.8 Å². The third kappa shape index (κ3) is 8.96. The van der Waals surface area contributed by atoms with Crippen molar-refractivity contribution in [1.82, 2.24) is 5.32 Å². The van der Waals surface area contributed by atoms with Crippen molar-refractivity contribution in [1.29, 1.82) is 0 Å². The van der Waals surface area contributed by atoms with Crippen LogP contribution in [-0.4, -0.2) is 23.6 Å². The zero-order chi connectivity index (χ0) is 14.1. The second-order valence-corrected chi connectivity index (χ2v) is 8.68. The smallest absolute Gasteiger partial charge is 0.0158 e. The first-order valence-electron chi connectivity index (χ1n) is 8.36. The molecule has 0 aromatic heterocycles. The van der Waals surface area contributed by atoms with Crippen LogP contribution in [0.2, 0.25) is 0 Å². The standard InChI is InChI=1S/C17H35NS/c1-5-13-18-15(11-12-17(2,3)4)14-19-16-9-7-6-8-10-16/h15-16,18H,5-14H2,1-4H3. The largest absolute Gasteiger partial charge is 0.313 e. The second-order valence-electron chi connectivity index (χ2n) is 7.34. The Morgan fingerprint density at radius 3 is 2.42 bits per heavy atom. The first-order chi connectivity index (χ1) is 9.01. The highest BCUT2D eigenvalue weighted by atomic mass is 32.2. The van der Waals surface area contributed by atoms with E-state index in [0.29, 0.717) is 5.41 Å². The van der Waals surface area contributed by atoms with E-state index in [0.717, 1.165) is 11.3 Å². The molecule has 1 atom stereocenters. The van der Waals surface area contributed by atoms with Gasteiger partial charge in [0.25, 0.3) is 0 Å². The molecule has 0 radical (unpaired) electrons. The Bertz CT molecular complexity index is 216. The Balaban J connectivity index is 2.26. The maximum Gasteiger partial charge on any atom is 0.0158 e. The second kappa shape index (κ2) is 9.28. The molecule has 0 bridgehead atoms. The molecular weight excluding hydrogens is 250 g/mol. The molecule has 1 nitrogen and oxygen atoms in total. The topological polar surface area (TPSA) is 12.0 Å². The van der Waals surface area contributed by atoms with Crippen LogP contribution in [-0.2, 0) is 0 Å². The maximum atomic E-state index is 3.76.